The fraction of sp³-hybridized carbons (Fsp3) is 0.500. The lowest BCUT2D eigenvalue weighted by molar-refractivity contribution is 0.489. The Hall–Kier alpha value is -0.740. The van der Waals surface area contributed by atoms with E-state index in [1.807, 2.05) is 0 Å². The lowest BCUT2D eigenvalue weighted by atomic mass is 10.1. The summed E-state index contributed by atoms with van der Waals surface area (Å²) in [5.41, 5.74) is 0.940. The highest BCUT2D eigenvalue weighted by Crippen LogP contribution is 2.32. The molecular formula is C14H16ClFN2S. The van der Waals surface area contributed by atoms with Crippen LogP contribution in [0.15, 0.2) is 23.2 Å². The molecule has 0 aromatic heterocycles. The van der Waals surface area contributed by atoms with Gasteiger partial charge in [0.15, 0.2) is 5.17 Å². The van der Waals surface area contributed by atoms with Gasteiger partial charge in [-0.15, -0.1) is 0 Å². The Balaban J connectivity index is 1.64. The minimum Gasteiger partial charge on any atom is -0.362 e. The summed E-state index contributed by atoms with van der Waals surface area (Å²) in [7, 11) is 0. The number of benzene rings is 1. The molecule has 0 spiro atoms. The number of nitrogens with one attached hydrogen (secondary N) is 1. The molecule has 102 valence electrons. The average molecular weight is 299 g/mol. The van der Waals surface area contributed by atoms with E-state index in [1.165, 1.54) is 31.1 Å². The van der Waals surface area contributed by atoms with Gasteiger partial charge >= 0.3 is 0 Å². The SMILES string of the molecule is Fc1ccc(CN=C2NC3CCCC3CS2)cc1Cl. The van der Waals surface area contributed by atoms with Crippen molar-refractivity contribution in [3.05, 3.63) is 34.6 Å². The Bertz CT molecular complexity index is 506. The third kappa shape index (κ3) is 3.06. The molecule has 1 saturated heterocycles. The van der Waals surface area contributed by atoms with E-state index in [4.69, 9.17) is 11.6 Å². The van der Waals surface area contributed by atoms with Crippen LogP contribution in [0.3, 0.4) is 0 Å². The van der Waals surface area contributed by atoms with Crippen molar-refractivity contribution in [2.24, 2.45) is 10.9 Å². The molecule has 1 aliphatic heterocycles. The normalized spacial score (nSPS) is 28.2. The van der Waals surface area contributed by atoms with Gasteiger partial charge in [0.2, 0.25) is 0 Å². The maximum absolute atomic E-state index is 13.1. The highest BCUT2D eigenvalue weighted by Gasteiger charge is 2.31. The molecule has 1 heterocycles. The molecule has 5 heteroatoms. The largest absolute Gasteiger partial charge is 0.362 e. The van der Waals surface area contributed by atoms with E-state index in [1.54, 1.807) is 23.9 Å². The maximum Gasteiger partial charge on any atom is 0.157 e. The molecule has 19 heavy (non-hydrogen) atoms. The fourth-order valence-electron chi connectivity index (χ4n) is 2.70. The first-order valence-corrected chi connectivity index (χ1v) is 7.96. The summed E-state index contributed by atoms with van der Waals surface area (Å²) in [6.07, 6.45) is 3.92. The van der Waals surface area contributed by atoms with E-state index in [0.717, 1.165) is 16.6 Å². The Kier molecular flexibility index (Phi) is 3.99. The molecule has 2 atom stereocenters. The smallest absolute Gasteiger partial charge is 0.157 e. The van der Waals surface area contributed by atoms with Gasteiger partial charge in [0.1, 0.15) is 5.82 Å². The molecule has 1 aromatic rings. The number of rotatable bonds is 2. The van der Waals surface area contributed by atoms with Crippen LogP contribution in [0.5, 0.6) is 0 Å². The summed E-state index contributed by atoms with van der Waals surface area (Å²) in [5.74, 6) is 1.60. The van der Waals surface area contributed by atoms with Crippen LogP contribution in [0.1, 0.15) is 24.8 Å². The van der Waals surface area contributed by atoms with Crippen molar-refractivity contribution in [3.63, 3.8) is 0 Å². The van der Waals surface area contributed by atoms with Crippen LogP contribution in [-0.4, -0.2) is 17.0 Å². The standard InChI is InChI=1S/C14H16ClFN2S/c15-11-6-9(4-5-12(11)16)7-17-14-18-13-3-1-2-10(13)8-19-14/h4-6,10,13H,1-3,7-8H2,(H,17,18). The first-order valence-electron chi connectivity index (χ1n) is 6.60. The Labute approximate surface area is 121 Å². The van der Waals surface area contributed by atoms with Gasteiger partial charge in [0.25, 0.3) is 0 Å². The first-order chi connectivity index (χ1) is 9.22. The van der Waals surface area contributed by atoms with Gasteiger partial charge in [-0.3, -0.25) is 4.99 Å². The molecule has 2 fully saturated rings. The van der Waals surface area contributed by atoms with Crippen molar-refractivity contribution < 1.29 is 4.39 Å². The van der Waals surface area contributed by atoms with Crippen molar-refractivity contribution in [2.75, 3.05) is 5.75 Å². The molecule has 0 amide bonds. The van der Waals surface area contributed by atoms with Crippen molar-refractivity contribution in [1.29, 1.82) is 0 Å². The van der Waals surface area contributed by atoms with Crippen LogP contribution < -0.4 is 5.32 Å². The second-order valence-corrected chi connectivity index (χ2v) is 6.54. The van der Waals surface area contributed by atoms with Crippen LogP contribution in [0.4, 0.5) is 4.39 Å². The molecule has 1 aromatic carbocycles. The van der Waals surface area contributed by atoms with Crippen LogP contribution >= 0.6 is 23.4 Å². The van der Waals surface area contributed by atoms with Gasteiger partial charge in [-0.25, -0.2) is 4.39 Å². The number of hydrogen-bond donors (Lipinski definition) is 1. The van der Waals surface area contributed by atoms with Gasteiger partial charge in [-0.1, -0.05) is 35.9 Å². The number of thioether (sulfide) groups is 1. The van der Waals surface area contributed by atoms with Gasteiger partial charge in [0.05, 0.1) is 11.6 Å². The third-order valence-electron chi connectivity index (χ3n) is 3.79. The number of fused-ring (bicyclic) bond motifs is 1. The summed E-state index contributed by atoms with van der Waals surface area (Å²) in [4.78, 5) is 4.57. The molecule has 0 bridgehead atoms. The van der Waals surface area contributed by atoms with Crippen molar-refractivity contribution in [3.8, 4) is 0 Å². The minimum absolute atomic E-state index is 0.165. The number of aliphatic imine (C=N–C) groups is 1. The highest BCUT2D eigenvalue weighted by molar-refractivity contribution is 8.13. The molecule has 3 rings (SSSR count). The van der Waals surface area contributed by atoms with Gasteiger partial charge in [-0.05, 0) is 36.5 Å². The Morgan fingerprint density at radius 3 is 3.16 bits per heavy atom. The Morgan fingerprint density at radius 2 is 2.32 bits per heavy atom. The van der Waals surface area contributed by atoms with E-state index < -0.39 is 0 Å². The first kappa shape index (κ1) is 13.3. The number of halogens is 2. The average Bonchev–Trinajstić information content (AvgIpc) is 2.87. The third-order valence-corrected chi connectivity index (χ3v) is 5.20. The predicted molar refractivity (Wildman–Crippen MR) is 79.3 cm³/mol. The predicted octanol–water partition coefficient (Wildman–Crippen LogP) is 3.84. The van der Waals surface area contributed by atoms with Gasteiger partial charge in [-0.2, -0.15) is 0 Å². The van der Waals surface area contributed by atoms with E-state index in [2.05, 4.69) is 10.3 Å². The topological polar surface area (TPSA) is 24.4 Å². The van der Waals surface area contributed by atoms with E-state index in [-0.39, 0.29) is 10.8 Å². The van der Waals surface area contributed by atoms with E-state index in [9.17, 15) is 4.39 Å². The number of nitrogens with zero attached hydrogens (tertiary/aromatic N) is 1. The van der Waals surface area contributed by atoms with Crippen LogP contribution in [0, 0.1) is 11.7 Å². The summed E-state index contributed by atoms with van der Waals surface area (Å²) in [6, 6.07) is 5.38. The molecule has 0 radical (unpaired) electrons. The Morgan fingerprint density at radius 1 is 1.42 bits per heavy atom. The van der Waals surface area contributed by atoms with Crippen molar-refractivity contribution in [2.45, 2.75) is 31.8 Å². The lowest BCUT2D eigenvalue weighted by Gasteiger charge is -2.28. The van der Waals surface area contributed by atoms with Crippen LogP contribution in [0.2, 0.25) is 5.02 Å². The zero-order valence-corrected chi connectivity index (χ0v) is 12.1. The van der Waals surface area contributed by atoms with Gasteiger partial charge < -0.3 is 5.32 Å². The quantitative estimate of drug-likeness (QED) is 0.897. The zero-order valence-electron chi connectivity index (χ0n) is 10.5. The highest BCUT2D eigenvalue weighted by atomic mass is 35.5. The van der Waals surface area contributed by atoms with E-state index >= 15 is 0 Å². The lowest BCUT2D eigenvalue weighted by Crippen LogP contribution is -2.41. The molecule has 2 nitrogen and oxygen atoms in total. The second-order valence-electron chi connectivity index (χ2n) is 5.12. The van der Waals surface area contributed by atoms with Crippen molar-refractivity contribution >= 4 is 28.5 Å². The minimum atomic E-state index is -0.378. The van der Waals surface area contributed by atoms with Crippen LogP contribution in [-0.2, 0) is 6.54 Å². The summed E-state index contributed by atoms with van der Waals surface area (Å²) in [5, 5.41) is 4.70. The molecule has 1 N–H and O–H groups in total. The molecule has 2 aliphatic rings. The molecule has 1 saturated carbocycles. The summed E-state index contributed by atoms with van der Waals surface area (Å²) < 4.78 is 13.1. The van der Waals surface area contributed by atoms with E-state index in [0.29, 0.717) is 12.6 Å². The van der Waals surface area contributed by atoms with Gasteiger partial charge in [0, 0.05) is 11.8 Å². The second kappa shape index (κ2) is 5.71. The fourth-order valence-corrected chi connectivity index (χ4v) is 4.07. The molecule has 1 aliphatic carbocycles. The number of hydrogen-bond acceptors (Lipinski definition) is 2. The monoisotopic (exact) mass is 298 g/mol. The summed E-state index contributed by atoms with van der Waals surface area (Å²) in [6.45, 7) is 0.548. The molecular weight excluding hydrogens is 283 g/mol. The van der Waals surface area contributed by atoms with Crippen LogP contribution in [0.25, 0.3) is 0 Å². The number of amidine groups is 1. The zero-order chi connectivity index (χ0) is 13.2. The van der Waals surface area contributed by atoms with Crippen molar-refractivity contribution in [1.82, 2.24) is 5.32 Å². The maximum atomic E-state index is 13.1. The summed E-state index contributed by atoms with van der Waals surface area (Å²) >= 11 is 7.56. The molecule has 2 unspecified atom stereocenters.